The average Bonchev–Trinajstić information content (AvgIpc) is 3.01. The summed E-state index contributed by atoms with van der Waals surface area (Å²) in [6.45, 7) is 0. The Balaban J connectivity index is 1.78. The lowest BCUT2D eigenvalue weighted by molar-refractivity contribution is -0.146. The highest BCUT2D eigenvalue weighted by atomic mass is 16.4. The molecule has 2 aliphatic carbocycles. The molecule has 1 aromatic carbocycles. The number of carbonyl (C=O) groups is 2. The van der Waals surface area contributed by atoms with Gasteiger partial charge in [-0.05, 0) is 42.5 Å². The topological polar surface area (TPSA) is 86.6 Å². The van der Waals surface area contributed by atoms with Gasteiger partial charge in [0.05, 0.1) is 11.8 Å². The van der Waals surface area contributed by atoms with Gasteiger partial charge >= 0.3 is 5.97 Å². The first kappa shape index (κ1) is 12.7. The normalized spacial score (nSPS) is 30.4. The molecule has 20 heavy (non-hydrogen) atoms. The maximum atomic E-state index is 12.3. The smallest absolute Gasteiger partial charge is 0.307 e. The molecular weight excluding hydrogens is 258 g/mol. The summed E-state index contributed by atoms with van der Waals surface area (Å²) in [6.07, 6.45) is 4.60. The van der Waals surface area contributed by atoms with Crippen molar-refractivity contribution in [2.75, 3.05) is 5.32 Å². The molecule has 1 fully saturated rings. The molecule has 5 heteroatoms. The molecule has 2 unspecified atom stereocenters. The number of benzene rings is 1. The van der Waals surface area contributed by atoms with Crippen LogP contribution in [0.5, 0.6) is 5.75 Å². The van der Waals surface area contributed by atoms with Crippen LogP contribution in [0.1, 0.15) is 6.42 Å². The van der Waals surface area contributed by atoms with Crippen molar-refractivity contribution < 1.29 is 19.8 Å². The zero-order chi connectivity index (χ0) is 14.3. The molecule has 0 radical (unpaired) electrons. The zero-order valence-corrected chi connectivity index (χ0v) is 10.7. The number of phenols is 1. The van der Waals surface area contributed by atoms with Gasteiger partial charge in [-0.3, -0.25) is 9.59 Å². The predicted octanol–water partition coefficient (Wildman–Crippen LogP) is 1.85. The molecule has 0 spiro atoms. The molecule has 104 valence electrons. The molecular formula is C15H15NO4. The average molecular weight is 273 g/mol. The van der Waals surface area contributed by atoms with Crippen LogP contribution in [0.3, 0.4) is 0 Å². The number of amides is 1. The summed E-state index contributed by atoms with van der Waals surface area (Å²) in [7, 11) is 0. The summed E-state index contributed by atoms with van der Waals surface area (Å²) in [4.78, 5) is 23.7. The van der Waals surface area contributed by atoms with Crippen molar-refractivity contribution in [2.24, 2.45) is 23.7 Å². The zero-order valence-electron chi connectivity index (χ0n) is 10.7. The van der Waals surface area contributed by atoms with Crippen LogP contribution < -0.4 is 5.32 Å². The van der Waals surface area contributed by atoms with E-state index in [1.165, 1.54) is 12.1 Å². The highest BCUT2D eigenvalue weighted by molar-refractivity contribution is 5.96. The predicted molar refractivity (Wildman–Crippen MR) is 72.1 cm³/mol. The largest absolute Gasteiger partial charge is 0.508 e. The van der Waals surface area contributed by atoms with Crippen molar-refractivity contribution in [3.63, 3.8) is 0 Å². The van der Waals surface area contributed by atoms with Crippen LogP contribution in [0.2, 0.25) is 0 Å². The molecule has 3 rings (SSSR count). The van der Waals surface area contributed by atoms with Crippen molar-refractivity contribution in [2.45, 2.75) is 6.42 Å². The van der Waals surface area contributed by atoms with Gasteiger partial charge in [0.15, 0.2) is 0 Å². The number of hydrogen-bond donors (Lipinski definition) is 3. The van der Waals surface area contributed by atoms with Gasteiger partial charge in [-0.15, -0.1) is 0 Å². The number of carboxylic acids is 1. The number of anilines is 1. The maximum Gasteiger partial charge on any atom is 0.307 e. The summed E-state index contributed by atoms with van der Waals surface area (Å²) in [5.74, 6) is -2.23. The molecule has 2 bridgehead atoms. The fourth-order valence-electron chi connectivity index (χ4n) is 3.29. The van der Waals surface area contributed by atoms with E-state index in [0.29, 0.717) is 5.69 Å². The molecule has 0 aromatic heterocycles. The number of aliphatic carboxylic acids is 1. The van der Waals surface area contributed by atoms with Gasteiger partial charge in [0.2, 0.25) is 5.91 Å². The highest BCUT2D eigenvalue weighted by Gasteiger charge is 2.51. The molecule has 1 amide bonds. The van der Waals surface area contributed by atoms with E-state index in [1.54, 1.807) is 12.1 Å². The summed E-state index contributed by atoms with van der Waals surface area (Å²) in [5, 5.41) is 21.2. The Bertz CT molecular complexity index is 578. The number of fused-ring (bicyclic) bond motifs is 2. The van der Waals surface area contributed by atoms with Gasteiger partial charge in [0.1, 0.15) is 5.75 Å². The van der Waals surface area contributed by atoms with E-state index in [-0.39, 0.29) is 23.5 Å². The first-order valence-electron chi connectivity index (χ1n) is 6.57. The number of carboxylic acid groups (broad SMARTS) is 1. The Morgan fingerprint density at radius 2 is 1.65 bits per heavy atom. The van der Waals surface area contributed by atoms with Crippen molar-refractivity contribution >= 4 is 17.6 Å². The van der Waals surface area contributed by atoms with E-state index in [4.69, 9.17) is 0 Å². The van der Waals surface area contributed by atoms with Gasteiger partial charge in [-0.1, -0.05) is 12.2 Å². The van der Waals surface area contributed by atoms with Crippen LogP contribution in [0.4, 0.5) is 5.69 Å². The number of aromatic hydroxyl groups is 1. The van der Waals surface area contributed by atoms with Crippen molar-refractivity contribution in [1.82, 2.24) is 0 Å². The number of allylic oxidation sites excluding steroid dienone is 2. The number of phenolic OH excluding ortho intramolecular Hbond substituents is 1. The Morgan fingerprint density at radius 3 is 2.25 bits per heavy atom. The molecule has 4 atom stereocenters. The summed E-state index contributed by atoms with van der Waals surface area (Å²) in [5.41, 5.74) is 0.559. The SMILES string of the molecule is O=C(O)[C@@H]1C2C=CC(C2)[C@@H]1C(=O)Nc1ccc(O)cc1. The maximum absolute atomic E-state index is 12.3. The summed E-state index contributed by atoms with van der Waals surface area (Å²) >= 11 is 0. The second-order valence-electron chi connectivity index (χ2n) is 5.37. The van der Waals surface area contributed by atoms with E-state index in [9.17, 15) is 19.8 Å². The van der Waals surface area contributed by atoms with Crippen molar-refractivity contribution in [3.05, 3.63) is 36.4 Å². The molecule has 2 aliphatic rings. The second kappa shape index (κ2) is 4.67. The van der Waals surface area contributed by atoms with Crippen LogP contribution in [-0.2, 0) is 9.59 Å². The van der Waals surface area contributed by atoms with Crippen molar-refractivity contribution in [1.29, 1.82) is 0 Å². The molecule has 3 N–H and O–H groups in total. The van der Waals surface area contributed by atoms with E-state index < -0.39 is 17.8 Å². The fraction of sp³-hybridized carbons (Fsp3) is 0.333. The third-order valence-electron chi connectivity index (χ3n) is 4.18. The number of carbonyl (C=O) groups excluding carboxylic acids is 1. The van der Waals surface area contributed by atoms with Crippen molar-refractivity contribution in [3.8, 4) is 5.75 Å². The van der Waals surface area contributed by atoms with Crippen LogP contribution in [0.25, 0.3) is 0 Å². The number of hydrogen-bond acceptors (Lipinski definition) is 3. The molecule has 5 nitrogen and oxygen atoms in total. The minimum absolute atomic E-state index is 0.0122. The number of nitrogens with one attached hydrogen (secondary N) is 1. The first-order valence-corrected chi connectivity index (χ1v) is 6.57. The molecule has 0 saturated heterocycles. The monoisotopic (exact) mass is 273 g/mol. The van der Waals surface area contributed by atoms with Gasteiger partial charge in [0.25, 0.3) is 0 Å². The Hall–Kier alpha value is -2.30. The minimum atomic E-state index is -0.910. The lowest BCUT2D eigenvalue weighted by Crippen LogP contribution is -2.36. The Labute approximate surface area is 115 Å². The first-order chi connectivity index (χ1) is 9.56. The van der Waals surface area contributed by atoms with Gasteiger partial charge in [-0.2, -0.15) is 0 Å². The molecule has 0 aliphatic heterocycles. The standard InChI is InChI=1S/C15H15NO4/c17-11-5-3-10(4-6-11)16-14(18)12-8-1-2-9(7-8)13(12)15(19)20/h1-6,8-9,12-13,17H,7H2,(H,16,18)(H,19,20)/t8?,9?,12-,13+/m0/s1. The minimum Gasteiger partial charge on any atom is -0.508 e. The molecule has 1 saturated carbocycles. The van der Waals surface area contributed by atoms with Gasteiger partial charge in [-0.25, -0.2) is 0 Å². The quantitative estimate of drug-likeness (QED) is 0.579. The van der Waals surface area contributed by atoms with Gasteiger partial charge < -0.3 is 15.5 Å². The van der Waals surface area contributed by atoms with Crippen LogP contribution in [0.15, 0.2) is 36.4 Å². The third-order valence-corrected chi connectivity index (χ3v) is 4.18. The van der Waals surface area contributed by atoms with E-state index >= 15 is 0 Å². The van der Waals surface area contributed by atoms with E-state index in [0.717, 1.165) is 6.42 Å². The molecule has 1 aromatic rings. The lowest BCUT2D eigenvalue weighted by atomic mass is 9.82. The van der Waals surface area contributed by atoms with Crippen LogP contribution >= 0.6 is 0 Å². The lowest BCUT2D eigenvalue weighted by Gasteiger charge is -2.23. The second-order valence-corrected chi connectivity index (χ2v) is 5.37. The highest BCUT2D eigenvalue weighted by Crippen LogP contribution is 2.48. The number of rotatable bonds is 3. The van der Waals surface area contributed by atoms with Crippen LogP contribution in [0, 0.1) is 23.7 Å². The summed E-state index contributed by atoms with van der Waals surface area (Å²) in [6, 6.07) is 6.13. The van der Waals surface area contributed by atoms with E-state index in [1.807, 2.05) is 12.2 Å². The Morgan fingerprint density at radius 1 is 1.05 bits per heavy atom. The third kappa shape index (κ3) is 2.05. The van der Waals surface area contributed by atoms with Gasteiger partial charge in [0, 0.05) is 5.69 Å². The van der Waals surface area contributed by atoms with E-state index in [2.05, 4.69) is 5.32 Å². The fourth-order valence-corrected chi connectivity index (χ4v) is 3.29. The molecule has 0 heterocycles. The summed E-state index contributed by atoms with van der Waals surface area (Å²) < 4.78 is 0. The van der Waals surface area contributed by atoms with Crippen LogP contribution in [-0.4, -0.2) is 22.1 Å². The Kier molecular flexibility index (Phi) is 2.97.